The van der Waals surface area contributed by atoms with Gasteiger partial charge in [0.25, 0.3) is 0 Å². The standard InChI is InChI=1S/C16H24N2O3S/c1-21-12-16(8-3-9-17-16)11-18-22(19,20)15-7-6-13-4-2-5-14(13)10-15/h6-7,10,17-18H,2-5,8-9,11-12H2,1H3. The molecular formula is C16H24N2O3S. The number of methoxy groups -OCH3 is 1. The number of sulfonamides is 1. The van der Waals surface area contributed by atoms with E-state index in [4.69, 9.17) is 4.74 Å². The first-order valence-corrected chi connectivity index (χ1v) is 9.38. The summed E-state index contributed by atoms with van der Waals surface area (Å²) >= 11 is 0. The molecule has 1 fully saturated rings. The predicted octanol–water partition coefficient (Wildman–Crippen LogP) is 1.22. The Morgan fingerprint density at radius 2 is 2.09 bits per heavy atom. The maximum Gasteiger partial charge on any atom is 0.240 e. The molecule has 122 valence electrons. The molecule has 3 rings (SSSR count). The van der Waals surface area contributed by atoms with E-state index >= 15 is 0 Å². The Kier molecular flexibility index (Phi) is 4.54. The van der Waals surface area contributed by atoms with E-state index in [-0.39, 0.29) is 5.54 Å². The SMILES string of the molecule is COCC1(CNS(=O)(=O)c2ccc3c(c2)CCC3)CCCN1. The minimum Gasteiger partial charge on any atom is -0.383 e. The third-order valence-corrected chi connectivity index (χ3v) is 6.13. The molecule has 1 heterocycles. The molecule has 0 radical (unpaired) electrons. The molecule has 0 bridgehead atoms. The number of rotatable bonds is 6. The van der Waals surface area contributed by atoms with Crippen LogP contribution in [0.3, 0.4) is 0 Å². The van der Waals surface area contributed by atoms with Gasteiger partial charge < -0.3 is 10.1 Å². The van der Waals surface area contributed by atoms with E-state index in [2.05, 4.69) is 10.0 Å². The van der Waals surface area contributed by atoms with Gasteiger partial charge in [0, 0.05) is 13.7 Å². The number of benzene rings is 1. The molecule has 6 heteroatoms. The highest BCUT2D eigenvalue weighted by atomic mass is 32.2. The van der Waals surface area contributed by atoms with Crippen molar-refractivity contribution in [2.75, 3.05) is 26.8 Å². The van der Waals surface area contributed by atoms with Gasteiger partial charge in [-0.15, -0.1) is 0 Å². The Morgan fingerprint density at radius 1 is 1.27 bits per heavy atom. The third-order valence-electron chi connectivity index (χ3n) is 4.73. The zero-order chi connectivity index (χ0) is 15.6. The lowest BCUT2D eigenvalue weighted by Gasteiger charge is -2.28. The van der Waals surface area contributed by atoms with Gasteiger partial charge in [-0.1, -0.05) is 6.07 Å². The van der Waals surface area contributed by atoms with Crippen molar-refractivity contribution in [3.05, 3.63) is 29.3 Å². The van der Waals surface area contributed by atoms with Gasteiger partial charge in [-0.2, -0.15) is 0 Å². The number of nitrogens with one attached hydrogen (secondary N) is 2. The largest absolute Gasteiger partial charge is 0.383 e. The van der Waals surface area contributed by atoms with Gasteiger partial charge in [0.1, 0.15) is 0 Å². The lowest BCUT2D eigenvalue weighted by atomic mass is 9.99. The quantitative estimate of drug-likeness (QED) is 0.826. The second-order valence-electron chi connectivity index (χ2n) is 6.35. The summed E-state index contributed by atoms with van der Waals surface area (Å²) in [5, 5.41) is 3.38. The van der Waals surface area contributed by atoms with Crippen molar-refractivity contribution >= 4 is 10.0 Å². The van der Waals surface area contributed by atoms with Crippen molar-refractivity contribution in [1.29, 1.82) is 0 Å². The van der Waals surface area contributed by atoms with Crippen LogP contribution in [0.1, 0.15) is 30.4 Å². The Hall–Kier alpha value is -0.950. The van der Waals surface area contributed by atoms with Crippen LogP contribution in [0.2, 0.25) is 0 Å². The molecular weight excluding hydrogens is 300 g/mol. The zero-order valence-electron chi connectivity index (χ0n) is 13.0. The molecule has 1 atom stereocenters. The van der Waals surface area contributed by atoms with Gasteiger partial charge >= 0.3 is 0 Å². The van der Waals surface area contributed by atoms with Crippen LogP contribution in [0.4, 0.5) is 0 Å². The number of fused-ring (bicyclic) bond motifs is 1. The lowest BCUT2D eigenvalue weighted by Crippen LogP contribution is -2.52. The zero-order valence-corrected chi connectivity index (χ0v) is 13.8. The molecule has 0 spiro atoms. The highest BCUT2D eigenvalue weighted by Crippen LogP contribution is 2.25. The average Bonchev–Trinajstić information content (AvgIpc) is 3.14. The summed E-state index contributed by atoms with van der Waals surface area (Å²) in [6.07, 6.45) is 5.13. The van der Waals surface area contributed by atoms with E-state index in [1.54, 1.807) is 13.2 Å². The van der Waals surface area contributed by atoms with Crippen LogP contribution in [-0.2, 0) is 27.6 Å². The number of aryl methyl sites for hydroxylation is 2. The first kappa shape index (κ1) is 15.9. The van der Waals surface area contributed by atoms with Crippen LogP contribution in [0, 0.1) is 0 Å². The molecule has 5 nitrogen and oxygen atoms in total. The van der Waals surface area contributed by atoms with Crippen LogP contribution in [0.5, 0.6) is 0 Å². The van der Waals surface area contributed by atoms with E-state index in [1.165, 1.54) is 11.1 Å². The topological polar surface area (TPSA) is 67.4 Å². The van der Waals surface area contributed by atoms with Crippen LogP contribution in [0.25, 0.3) is 0 Å². The fraction of sp³-hybridized carbons (Fsp3) is 0.625. The summed E-state index contributed by atoms with van der Waals surface area (Å²) in [6, 6.07) is 5.50. The molecule has 1 aliphatic carbocycles. The first-order valence-electron chi connectivity index (χ1n) is 7.90. The van der Waals surface area contributed by atoms with Crippen LogP contribution in [-0.4, -0.2) is 40.8 Å². The fourth-order valence-corrected chi connectivity index (χ4v) is 4.68. The van der Waals surface area contributed by atoms with Crippen molar-refractivity contribution < 1.29 is 13.2 Å². The molecule has 1 aromatic rings. The Balaban J connectivity index is 1.73. The van der Waals surface area contributed by atoms with Crippen LogP contribution >= 0.6 is 0 Å². The highest BCUT2D eigenvalue weighted by Gasteiger charge is 2.34. The first-order chi connectivity index (χ1) is 10.5. The van der Waals surface area contributed by atoms with E-state index in [1.807, 2.05) is 12.1 Å². The van der Waals surface area contributed by atoms with Crippen LogP contribution < -0.4 is 10.0 Å². The smallest absolute Gasteiger partial charge is 0.240 e. The second kappa shape index (κ2) is 6.28. The van der Waals surface area contributed by atoms with Gasteiger partial charge in [0.05, 0.1) is 17.0 Å². The van der Waals surface area contributed by atoms with E-state index in [9.17, 15) is 8.42 Å². The maximum atomic E-state index is 12.6. The minimum atomic E-state index is -3.47. The van der Waals surface area contributed by atoms with Crippen molar-refractivity contribution in [3.8, 4) is 0 Å². The summed E-state index contributed by atoms with van der Waals surface area (Å²) in [5.41, 5.74) is 2.18. The number of hydrogen-bond acceptors (Lipinski definition) is 4. The maximum absolute atomic E-state index is 12.6. The molecule has 2 N–H and O–H groups in total. The van der Waals surface area contributed by atoms with Crippen molar-refractivity contribution in [3.63, 3.8) is 0 Å². The molecule has 22 heavy (non-hydrogen) atoms. The monoisotopic (exact) mass is 324 g/mol. The molecule has 1 unspecified atom stereocenters. The molecule has 0 saturated carbocycles. The fourth-order valence-electron chi connectivity index (χ4n) is 3.50. The average molecular weight is 324 g/mol. The summed E-state index contributed by atoms with van der Waals surface area (Å²) in [5.74, 6) is 0. The van der Waals surface area contributed by atoms with Crippen molar-refractivity contribution in [2.24, 2.45) is 0 Å². The van der Waals surface area contributed by atoms with Gasteiger partial charge in [-0.25, -0.2) is 13.1 Å². The van der Waals surface area contributed by atoms with Gasteiger partial charge in [0.2, 0.25) is 10.0 Å². The van der Waals surface area contributed by atoms with Gasteiger partial charge in [-0.3, -0.25) is 0 Å². The normalized spacial score (nSPS) is 24.6. The Bertz CT molecular complexity index is 637. The predicted molar refractivity (Wildman–Crippen MR) is 85.5 cm³/mol. The summed E-state index contributed by atoms with van der Waals surface area (Å²) in [6.45, 7) is 1.78. The second-order valence-corrected chi connectivity index (χ2v) is 8.12. The van der Waals surface area contributed by atoms with E-state index in [0.717, 1.165) is 38.6 Å². The van der Waals surface area contributed by atoms with E-state index < -0.39 is 10.0 Å². The minimum absolute atomic E-state index is 0.279. The Labute approximate surface area is 132 Å². The number of hydrogen-bond donors (Lipinski definition) is 2. The van der Waals surface area contributed by atoms with Crippen molar-refractivity contribution in [2.45, 2.75) is 42.5 Å². The Morgan fingerprint density at radius 3 is 2.82 bits per heavy atom. The molecule has 2 aliphatic rings. The number of ether oxygens (including phenoxy) is 1. The molecule has 0 amide bonds. The molecule has 1 saturated heterocycles. The van der Waals surface area contributed by atoms with Gasteiger partial charge in [-0.05, 0) is 61.9 Å². The highest BCUT2D eigenvalue weighted by molar-refractivity contribution is 7.89. The molecule has 1 aromatic carbocycles. The van der Waals surface area contributed by atoms with E-state index in [0.29, 0.717) is 18.0 Å². The molecule has 1 aliphatic heterocycles. The molecule has 0 aromatic heterocycles. The summed E-state index contributed by atoms with van der Waals surface area (Å²) in [7, 11) is -1.82. The summed E-state index contributed by atoms with van der Waals surface area (Å²) < 4.78 is 33.1. The van der Waals surface area contributed by atoms with Crippen molar-refractivity contribution in [1.82, 2.24) is 10.0 Å². The van der Waals surface area contributed by atoms with Gasteiger partial charge in [0.15, 0.2) is 0 Å². The third kappa shape index (κ3) is 3.20. The van der Waals surface area contributed by atoms with Crippen LogP contribution in [0.15, 0.2) is 23.1 Å². The summed E-state index contributed by atoms with van der Waals surface area (Å²) in [4.78, 5) is 0.374. The lowest BCUT2D eigenvalue weighted by molar-refractivity contribution is 0.122.